The van der Waals surface area contributed by atoms with Crippen LogP contribution in [0.4, 0.5) is 13.2 Å². The molecule has 0 unspecified atom stereocenters. The lowest BCUT2D eigenvalue weighted by atomic mass is 10.1. The Hall–Kier alpha value is -0.620. The van der Waals surface area contributed by atoms with Crippen molar-refractivity contribution in [2.75, 3.05) is 0 Å². The Morgan fingerprint density at radius 3 is 2.60 bits per heavy atom. The SMILES string of the molecule is N[C@@H](CCC(F)(F)F)c1cncc(Br)c1. The molecule has 1 heterocycles. The summed E-state index contributed by atoms with van der Waals surface area (Å²) >= 11 is 3.18. The Morgan fingerprint density at radius 2 is 2.07 bits per heavy atom. The van der Waals surface area contributed by atoms with Gasteiger partial charge in [-0.1, -0.05) is 0 Å². The summed E-state index contributed by atoms with van der Waals surface area (Å²) in [5.74, 6) is 0. The minimum absolute atomic E-state index is 0.123. The maximum absolute atomic E-state index is 11.9. The van der Waals surface area contributed by atoms with Gasteiger partial charge in [-0.15, -0.1) is 0 Å². The normalized spacial score (nSPS) is 13.9. The predicted molar refractivity (Wildman–Crippen MR) is 54.2 cm³/mol. The summed E-state index contributed by atoms with van der Waals surface area (Å²) in [6.07, 6.45) is -2.12. The number of rotatable bonds is 3. The van der Waals surface area contributed by atoms with E-state index < -0.39 is 18.6 Å². The molecular formula is C9H10BrF3N2. The Kier molecular flexibility index (Phi) is 4.10. The van der Waals surface area contributed by atoms with Gasteiger partial charge in [-0.2, -0.15) is 13.2 Å². The Balaban J connectivity index is 2.58. The average molecular weight is 283 g/mol. The molecule has 0 aliphatic carbocycles. The number of alkyl halides is 3. The molecule has 2 N–H and O–H groups in total. The summed E-state index contributed by atoms with van der Waals surface area (Å²) in [5, 5.41) is 0. The summed E-state index contributed by atoms with van der Waals surface area (Å²) in [4.78, 5) is 3.84. The molecule has 0 bridgehead atoms. The second-order valence-corrected chi connectivity index (χ2v) is 4.11. The fraction of sp³-hybridized carbons (Fsp3) is 0.444. The number of pyridine rings is 1. The molecule has 0 amide bonds. The number of hydrogen-bond donors (Lipinski definition) is 1. The molecule has 0 radical (unpaired) electrons. The van der Waals surface area contributed by atoms with Crippen LogP contribution < -0.4 is 5.73 Å². The second-order valence-electron chi connectivity index (χ2n) is 3.20. The average Bonchev–Trinajstić information content (AvgIpc) is 2.13. The molecular weight excluding hydrogens is 273 g/mol. The third-order valence-corrected chi connectivity index (χ3v) is 2.33. The molecule has 0 spiro atoms. The van der Waals surface area contributed by atoms with Gasteiger partial charge in [0.25, 0.3) is 0 Å². The summed E-state index contributed by atoms with van der Waals surface area (Å²) < 4.78 is 36.5. The van der Waals surface area contributed by atoms with E-state index >= 15 is 0 Å². The van der Waals surface area contributed by atoms with E-state index in [1.165, 1.54) is 6.20 Å². The van der Waals surface area contributed by atoms with Crippen molar-refractivity contribution in [3.8, 4) is 0 Å². The van der Waals surface area contributed by atoms with Gasteiger partial charge in [-0.25, -0.2) is 0 Å². The van der Waals surface area contributed by atoms with Crippen molar-refractivity contribution in [2.45, 2.75) is 25.1 Å². The smallest absolute Gasteiger partial charge is 0.324 e. The fourth-order valence-corrected chi connectivity index (χ4v) is 1.50. The van der Waals surface area contributed by atoms with E-state index in [2.05, 4.69) is 20.9 Å². The summed E-state index contributed by atoms with van der Waals surface area (Å²) in [5.41, 5.74) is 6.22. The van der Waals surface area contributed by atoms with Crippen LogP contribution in [0.15, 0.2) is 22.9 Å². The van der Waals surface area contributed by atoms with E-state index in [1.807, 2.05) is 0 Å². The summed E-state index contributed by atoms with van der Waals surface area (Å²) in [6, 6.07) is 1.05. The van der Waals surface area contributed by atoms with Crippen molar-refractivity contribution in [1.82, 2.24) is 4.98 Å². The number of halogens is 4. The van der Waals surface area contributed by atoms with E-state index in [4.69, 9.17) is 5.73 Å². The lowest BCUT2D eigenvalue weighted by molar-refractivity contribution is -0.136. The highest BCUT2D eigenvalue weighted by Gasteiger charge is 2.27. The molecule has 15 heavy (non-hydrogen) atoms. The molecule has 84 valence electrons. The van der Waals surface area contributed by atoms with Gasteiger partial charge in [0.15, 0.2) is 0 Å². The largest absolute Gasteiger partial charge is 0.389 e. The van der Waals surface area contributed by atoms with E-state index in [0.29, 0.717) is 10.0 Å². The molecule has 0 aliphatic heterocycles. The van der Waals surface area contributed by atoms with Gasteiger partial charge in [0, 0.05) is 29.3 Å². The third-order valence-electron chi connectivity index (χ3n) is 1.89. The van der Waals surface area contributed by atoms with Crippen LogP contribution in [0.1, 0.15) is 24.4 Å². The first kappa shape index (κ1) is 12.4. The summed E-state index contributed by atoms with van der Waals surface area (Å²) in [6.45, 7) is 0. The third kappa shape index (κ3) is 4.61. The van der Waals surface area contributed by atoms with E-state index in [0.717, 1.165) is 0 Å². The predicted octanol–water partition coefficient (Wildman–Crippen LogP) is 3.19. The number of aromatic nitrogens is 1. The van der Waals surface area contributed by atoms with Crippen LogP contribution in [0.2, 0.25) is 0 Å². The molecule has 0 saturated heterocycles. The van der Waals surface area contributed by atoms with Crippen molar-refractivity contribution in [3.05, 3.63) is 28.5 Å². The Bertz CT molecular complexity index is 327. The highest BCUT2D eigenvalue weighted by molar-refractivity contribution is 9.10. The van der Waals surface area contributed by atoms with Crippen molar-refractivity contribution in [1.29, 1.82) is 0 Å². The molecule has 1 atom stereocenters. The second kappa shape index (κ2) is 4.94. The Labute approximate surface area is 93.8 Å². The highest BCUT2D eigenvalue weighted by atomic mass is 79.9. The van der Waals surface area contributed by atoms with Crippen LogP contribution >= 0.6 is 15.9 Å². The van der Waals surface area contributed by atoms with Gasteiger partial charge >= 0.3 is 6.18 Å². The van der Waals surface area contributed by atoms with Crippen molar-refractivity contribution in [2.24, 2.45) is 5.73 Å². The van der Waals surface area contributed by atoms with Crippen LogP contribution in [0.25, 0.3) is 0 Å². The molecule has 2 nitrogen and oxygen atoms in total. The number of nitrogens with zero attached hydrogens (tertiary/aromatic N) is 1. The Morgan fingerprint density at radius 1 is 1.40 bits per heavy atom. The maximum atomic E-state index is 11.9. The van der Waals surface area contributed by atoms with E-state index in [-0.39, 0.29) is 6.42 Å². The van der Waals surface area contributed by atoms with Crippen molar-refractivity contribution < 1.29 is 13.2 Å². The van der Waals surface area contributed by atoms with Gasteiger partial charge in [-0.05, 0) is 34.0 Å². The van der Waals surface area contributed by atoms with E-state index in [9.17, 15) is 13.2 Å². The highest BCUT2D eigenvalue weighted by Crippen LogP contribution is 2.26. The molecule has 6 heteroatoms. The first-order valence-electron chi connectivity index (χ1n) is 4.31. The van der Waals surface area contributed by atoms with Gasteiger partial charge in [0.1, 0.15) is 0 Å². The van der Waals surface area contributed by atoms with Gasteiger partial charge in [0.05, 0.1) is 0 Å². The molecule has 1 rings (SSSR count). The van der Waals surface area contributed by atoms with Crippen LogP contribution in [-0.2, 0) is 0 Å². The number of hydrogen-bond acceptors (Lipinski definition) is 2. The summed E-state index contributed by atoms with van der Waals surface area (Å²) in [7, 11) is 0. The topological polar surface area (TPSA) is 38.9 Å². The lowest BCUT2D eigenvalue weighted by Gasteiger charge is -2.13. The first-order chi connectivity index (χ1) is 6.88. The molecule has 1 aromatic rings. The van der Waals surface area contributed by atoms with Gasteiger partial charge < -0.3 is 5.73 Å². The molecule has 0 saturated carbocycles. The zero-order valence-electron chi connectivity index (χ0n) is 7.76. The molecule has 0 aromatic carbocycles. The van der Waals surface area contributed by atoms with Crippen LogP contribution in [0.3, 0.4) is 0 Å². The zero-order valence-corrected chi connectivity index (χ0v) is 9.35. The first-order valence-corrected chi connectivity index (χ1v) is 5.10. The molecule has 1 aromatic heterocycles. The van der Waals surface area contributed by atoms with Gasteiger partial charge in [0.2, 0.25) is 0 Å². The fourth-order valence-electron chi connectivity index (χ4n) is 1.12. The number of nitrogens with two attached hydrogens (primary N) is 1. The quantitative estimate of drug-likeness (QED) is 0.925. The van der Waals surface area contributed by atoms with Crippen LogP contribution in [0.5, 0.6) is 0 Å². The molecule has 0 fully saturated rings. The standard InChI is InChI=1S/C9H10BrF3N2/c10-7-3-6(4-15-5-7)8(14)1-2-9(11,12)13/h3-5,8H,1-2,14H2/t8-/m0/s1. The van der Waals surface area contributed by atoms with Crippen molar-refractivity contribution >= 4 is 15.9 Å². The lowest BCUT2D eigenvalue weighted by Crippen LogP contribution is -2.15. The minimum Gasteiger partial charge on any atom is -0.324 e. The van der Waals surface area contributed by atoms with Crippen molar-refractivity contribution in [3.63, 3.8) is 0 Å². The minimum atomic E-state index is -4.16. The maximum Gasteiger partial charge on any atom is 0.389 e. The van der Waals surface area contributed by atoms with Crippen LogP contribution in [0, 0.1) is 0 Å². The van der Waals surface area contributed by atoms with E-state index in [1.54, 1.807) is 12.3 Å². The van der Waals surface area contributed by atoms with Crippen LogP contribution in [-0.4, -0.2) is 11.2 Å². The molecule has 0 aliphatic rings. The zero-order chi connectivity index (χ0) is 11.5. The monoisotopic (exact) mass is 282 g/mol. The van der Waals surface area contributed by atoms with Gasteiger partial charge in [-0.3, -0.25) is 4.98 Å².